The third-order valence-corrected chi connectivity index (χ3v) is 5.88. The van der Waals surface area contributed by atoms with Crippen LogP contribution in [0.3, 0.4) is 0 Å². The van der Waals surface area contributed by atoms with Crippen molar-refractivity contribution in [3.05, 3.63) is 51.4 Å². The maximum Gasteiger partial charge on any atom is 0.410 e. The highest BCUT2D eigenvalue weighted by molar-refractivity contribution is 7.16. The second-order valence-electron chi connectivity index (χ2n) is 6.59. The van der Waals surface area contributed by atoms with Crippen LogP contribution in [0, 0.1) is 11.3 Å². The van der Waals surface area contributed by atoms with Gasteiger partial charge in [0, 0.05) is 11.4 Å². The number of aryl methyl sites for hydroxylation is 1. The Labute approximate surface area is 168 Å². The SMILES string of the molecule is CCOC(=O)N1CCc2c(sc(NC(=O)Cc3ccc(CC)cc3)c2C#N)C1. The number of ether oxygens (including phenoxy) is 1. The number of thiophene rings is 1. The van der Waals surface area contributed by atoms with Gasteiger partial charge in [0.1, 0.15) is 11.1 Å². The predicted molar refractivity (Wildman–Crippen MR) is 108 cm³/mol. The summed E-state index contributed by atoms with van der Waals surface area (Å²) in [6, 6.07) is 10.2. The molecule has 28 heavy (non-hydrogen) atoms. The molecule has 146 valence electrons. The third kappa shape index (κ3) is 4.34. The Balaban J connectivity index is 1.71. The van der Waals surface area contributed by atoms with Crippen LogP contribution in [-0.4, -0.2) is 30.1 Å². The van der Waals surface area contributed by atoms with Gasteiger partial charge in [0.25, 0.3) is 0 Å². The van der Waals surface area contributed by atoms with Crippen molar-refractivity contribution < 1.29 is 14.3 Å². The van der Waals surface area contributed by atoms with Gasteiger partial charge in [0.15, 0.2) is 0 Å². The zero-order valence-electron chi connectivity index (χ0n) is 16.1. The van der Waals surface area contributed by atoms with E-state index in [4.69, 9.17) is 4.74 Å². The quantitative estimate of drug-likeness (QED) is 0.830. The molecule has 0 saturated carbocycles. The Bertz CT molecular complexity index is 912. The Morgan fingerprint density at radius 1 is 1.25 bits per heavy atom. The van der Waals surface area contributed by atoms with E-state index >= 15 is 0 Å². The van der Waals surface area contributed by atoms with Crippen LogP contribution in [0.15, 0.2) is 24.3 Å². The van der Waals surface area contributed by atoms with Crippen LogP contribution in [0.2, 0.25) is 0 Å². The summed E-state index contributed by atoms with van der Waals surface area (Å²) < 4.78 is 5.06. The number of nitriles is 1. The van der Waals surface area contributed by atoms with Gasteiger partial charge in [-0.15, -0.1) is 11.3 Å². The molecule has 2 aromatic rings. The maximum atomic E-state index is 12.5. The molecule has 6 nitrogen and oxygen atoms in total. The lowest BCUT2D eigenvalue weighted by Gasteiger charge is -2.25. The largest absolute Gasteiger partial charge is 0.450 e. The zero-order valence-corrected chi connectivity index (χ0v) is 16.9. The molecule has 0 atom stereocenters. The summed E-state index contributed by atoms with van der Waals surface area (Å²) in [6.45, 7) is 5.11. The number of anilines is 1. The Morgan fingerprint density at radius 3 is 2.61 bits per heavy atom. The van der Waals surface area contributed by atoms with E-state index in [1.807, 2.05) is 24.3 Å². The summed E-state index contributed by atoms with van der Waals surface area (Å²) in [7, 11) is 0. The Morgan fingerprint density at radius 2 is 1.96 bits per heavy atom. The average molecular weight is 398 g/mol. The van der Waals surface area contributed by atoms with Crippen LogP contribution in [0.1, 0.15) is 41.0 Å². The van der Waals surface area contributed by atoms with E-state index in [9.17, 15) is 14.9 Å². The highest BCUT2D eigenvalue weighted by Gasteiger charge is 2.28. The minimum absolute atomic E-state index is 0.151. The van der Waals surface area contributed by atoms with E-state index in [1.54, 1.807) is 11.8 Å². The molecule has 1 N–H and O–H groups in total. The van der Waals surface area contributed by atoms with Crippen molar-refractivity contribution in [1.29, 1.82) is 5.26 Å². The molecule has 0 bridgehead atoms. The van der Waals surface area contributed by atoms with Gasteiger partial charge in [-0.05, 0) is 36.5 Å². The number of fused-ring (bicyclic) bond motifs is 1. The number of amides is 2. The van der Waals surface area contributed by atoms with Crippen LogP contribution in [0.25, 0.3) is 0 Å². The van der Waals surface area contributed by atoms with Crippen LogP contribution in [0.5, 0.6) is 0 Å². The summed E-state index contributed by atoms with van der Waals surface area (Å²) in [5.74, 6) is -0.151. The van der Waals surface area contributed by atoms with Crippen LogP contribution >= 0.6 is 11.3 Å². The minimum atomic E-state index is -0.346. The second kappa shape index (κ2) is 8.89. The number of carbonyl (C=O) groups is 2. The Kier molecular flexibility index (Phi) is 6.32. The first kappa shape index (κ1) is 19.9. The molecule has 0 unspecified atom stereocenters. The van der Waals surface area contributed by atoms with Crippen molar-refractivity contribution >= 4 is 28.3 Å². The molecule has 0 spiro atoms. The molecule has 2 amide bonds. The number of nitrogens with one attached hydrogen (secondary N) is 1. The van der Waals surface area contributed by atoms with Crippen molar-refractivity contribution in [2.45, 2.75) is 39.7 Å². The molecule has 7 heteroatoms. The summed E-state index contributed by atoms with van der Waals surface area (Å²) in [5, 5.41) is 13.0. The van der Waals surface area contributed by atoms with Crippen molar-refractivity contribution in [3.8, 4) is 6.07 Å². The lowest BCUT2D eigenvalue weighted by Crippen LogP contribution is -2.35. The lowest BCUT2D eigenvalue weighted by molar-refractivity contribution is -0.115. The fourth-order valence-corrected chi connectivity index (χ4v) is 4.46. The molecule has 0 radical (unpaired) electrons. The highest BCUT2D eigenvalue weighted by Crippen LogP contribution is 2.36. The zero-order chi connectivity index (χ0) is 20.1. The maximum absolute atomic E-state index is 12.5. The molecule has 0 fully saturated rings. The van der Waals surface area contributed by atoms with E-state index in [0.29, 0.717) is 36.7 Å². The summed E-state index contributed by atoms with van der Waals surface area (Å²) in [6.07, 6.45) is 1.46. The number of rotatable bonds is 5. The fraction of sp³-hybridized carbons (Fsp3) is 0.381. The molecule has 3 rings (SSSR count). The molecule has 1 aliphatic heterocycles. The van der Waals surface area contributed by atoms with Crippen LogP contribution < -0.4 is 5.32 Å². The smallest absolute Gasteiger partial charge is 0.410 e. The van der Waals surface area contributed by atoms with Gasteiger partial charge in [-0.1, -0.05) is 31.2 Å². The van der Waals surface area contributed by atoms with E-state index in [-0.39, 0.29) is 18.4 Å². The predicted octanol–water partition coefficient (Wildman–Crippen LogP) is 3.88. The first-order valence-corrected chi connectivity index (χ1v) is 10.2. The number of carbonyl (C=O) groups excluding carboxylic acids is 2. The van der Waals surface area contributed by atoms with E-state index in [2.05, 4.69) is 18.3 Å². The first-order valence-electron chi connectivity index (χ1n) is 9.39. The topological polar surface area (TPSA) is 82.4 Å². The molecule has 1 aromatic carbocycles. The molecule has 1 aromatic heterocycles. The second-order valence-corrected chi connectivity index (χ2v) is 7.69. The minimum Gasteiger partial charge on any atom is -0.450 e. The van der Waals surface area contributed by atoms with Crippen molar-refractivity contribution in [1.82, 2.24) is 4.90 Å². The molecule has 1 aliphatic rings. The van der Waals surface area contributed by atoms with Gasteiger partial charge in [0.05, 0.1) is 25.1 Å². The van der Waals surface area contributed by atoms with Crippen molar-refractivity contribution in [3.63, 3.8) is 0 Å². The molecule has 2 heterocycles. The lowest BCUT2D eigenvalue weighted by atomic mass is 10.0. The van der Waals surface area contributed by atoms with Gasteiger partial charge >= 0.3 is 6.09 Å². The normalized spacial score (nSPS) is 12.8. The van der Waals surface area contributed by atoms with E-state index in [1.165, 1.54) is 16.9 Å². The fourth-order valence-electron chi connectivity index (χ4n) is 3.23. The van der Waals surface area contributed by atoms with Gasteiger partial charge in [-0.3, -0.25) is 4.79 Å². The van der Waals surface area contributed by atoms with E-state index in [0.717, 1.165) is 22.4 Å². The molecule has 0 aliphatic carbocycles. The first-order chi connectivity index (χ1) is 13.5. The number of nitrogens with zero attached hydrogens (tertiary/aromatic N) is 2. The van der Waals surface area contributed by atoms with Gasteiger partial charge in [0.2, 0.25) is 5.91 Å². The standard InChI is InChI=1S/C21H23N3O3S/c1-3-14-5-7-15(8-6-14)11-19(25)23-20-17(12-22)16-9-10-24(13-18(16)28-20)21(26)27-4-2/h5-8H,3-4,9-11,13H2,1-2H3,(H,23,25). The van der Waals surface area contributed by atoms with Crippen LogP contribution in [-0.2, 0) is 35.3 Å². The Hall–Kier alpha value is -2.85. The molecular weight excluding hydrogens is 374 g/mol. The number of hydrogen-bond acceptors (Lipinski definition) is 5. The summed E-state index contributed by atoms with van der Waals surface area (Å²) in [4.78, 5) is 27.0. The highest BCUT2D eigenvalue weighted by atomic mass is 32.1. The van der Waals surface area contributed by atoms with Crippen molar-refractivity contribution in [2.75, 3.05) is 18.5 Å². The van der Waals surface area contributed by atoms with E-state index < -0.39 is 0 Å². The summed E-state index contributed by atoms with van der Waals surface area (Å²) in [5.41, 5.74) is 3.60. The van der Waals surface area contributed by atoms with Crippen molar-refractivity contribution in [2.24, 2.45) is 0 Å². The molecular formula is C21H23N3O3S. The average Bonchev–Trinajstić information content (AvgIpc) is 3.04. The molecule has 0 saturated heterocycles. The summed E-state index contributed by atoms with van der Waals surface area (Å²) >= 11 is 1.37. The van der Waals surface area contributed by atoms with Gasteiger partial charge < -0.3 is 15.0 Å². The number of hydrogen-bond donors (Lipinski definition) is 1. The third-order valence-electron chi connectivity index (χ3n) is 4.74. The van der Waals surface area contributed by atoms with Gasteiger partial charge in [-0.2, -0.15) is 5.26 Å². The monoisotopic (exact) mass is 397 g/mol. The number of benzene rings is 1. The van der Waals surface area contributed by atoms with Crippen LogP contribution in [0.4, 0.5) is 9.80 Å². The van der Waals surface area contributed by atoms with Gasteiger partial charge in [-0.25, -0.2) is 4.79 Å².